The minimum atomic E-state index is -0.217. The average molecular weight is 335 g/mol. The van der Waals surface area contributed by atoms with Crippen LogP contribution in [0.5, 0.6) is 0 Å². The molecule has 5 heteroatoms. The summed E-state index contributed by atoms with van der Waals surface area (Å²) in [4.78, 5) is 16.5. The van der Waals surface area contributed by atoms with Crippen LogP contribution in [0.15, 0.2) is 33.3 Å². The van der Waals surface area contributed by atoms with Gasteiger partial charge in [0.15, 0.2) is 0 Å². The molecule has 4 nitrogen and oxygen atoms in total. The van der Waals surface area contributed by atoms with Gasteiger partial charge in [0.2, 0.25) is 11.7 Å². The van der Waals surface area contributed by atoms with Gasteiger partial charge < -0.3 is 4.52 Å². The molecule has 0 bridgehead atoms. The van der Waals surface area contributed by atoms with Gasteiger partial charge in [0, 0.05) is 16.5 Å². The minimum Gasteiger partial charge on any atom is -0.338 e. The van der Waals surface area contributed by atoms with E-state index in [2.05, 4.69) is 26.1 Å². The monoisotopic (exact) mass is 334 g/mol. The summed E-state index contributed by atoms with van der Waals surface area (Å²) in [6.07, 6.45) is 4.57. The molecule has 1 aliphatic carbocycles. The van der Waals surface area contributed by atoms with Gasteiger partial charge in [-0.15, -0.1) is 0 Å². The minimum absolute atomic E-state index is 0.217. The van der Waals surface area contributed by atoms with E-state index < -0.39 is 0 Å². The molecule has 104 valence electrons. The maximum Gasteiger partial charge on any atom is 0.237 e. The number of carbonyl (C=O) groups is 1. The van der Waals surface area contributed by atoms with E-state index in [0.717, 1.165) is 35.7 Å². The molecule has 0 spiro atoms. The van der Waals surface area contributed by atoms with Crippen LogP contribution in [-0.2, 0) is 4.79 Å². The Morgan fingerprint density at radius 2 is 2.15 bits per heavy atom. The van der Waals surface area contributed by atoms with Crippen LogP contribution >= 0.6 is 15.9 Å². The molecule has 3 rings (SSSR count). The number of carbonyl (C=O) groups excluding carboxylic acids is 1. The van der Waals surface area contributed by atoms with Crippen LogP contribution in [0, 0.1) is 0 Å². The number of rotatable bonds is 2. The number of hydrogen-bond donors (Lipinski definition) is 0. The highest BCUT2D eigenvalue weighted by molar-refractivity contribution is 9.10. The van der Waals surface area contributed by atoms with Crippen LogP contribution in [0.25, 0.3) is 11.4 Å². The standard InChI is InChI=1S/C15H15BrN2O2/c16-11-6-4-5-10(9-11)14-17-15(20-18-14)12-7-2-1-3-8-13(12)19/h4-6,9,12H,1-3,7-8H2. The van der Waals surface area contributed by atoms with Crippen molar-refractivity contribution in [3.05, 3.63) is 34.6 Å². The zero-order valence-corrected chi connectivity index (χ0v) is 12.6. The van der Waals surface area contributed by atoms with Crippen molar-refractivity contribution in [3.8, 4) is 11.4 Å². The van der Waals surface area contributed by atoms with Crippen molar-refractivity contribution in [2.75, 3.05) is 0 Å². The third-order valence-electron chi connectivity index (χ3n) is 3.63. The first-order valence-corrected chi connectivity index (χ1v) is 7.65. The van der Waals surface area contributed by atoms with E-state index in [4.69, 9.17) is 4.52 Å². The van der Waals surface area contributed by atoms with Crippen molar-refractivity contribution in [2.24, 2.45) is 0 Å². The molecule has 0 N–H and O–H groups in total. The molecule has 1 unspecified atom stereocenters. The Labute approximate surface area is 125 Å². The van der Waals surface area contributed by atoms with Gasteiger partial charge in [0.25, 0.3) is 0 Å². The first-order chi connectivity index (χ1) is 9.74. The van der Waals surface area contributed by atoms with Crippen molar-refractivity contribution in [1.29, 1.82) is 0 Å². The third-order valence-corrected chi connectivity index (χ3v) is 4.12. The maximum atomic E-state index is 12.1. The van der Waals surface area contributed by atoms with Crippen molar-refractivity contribution in [1.82, 2.24) is 10.1 Å². The van der Waals surface area contributed by atoms with Crippen molar-refractivity contribution < 1.29 is 9.32 Å². The summed E-state index contributed by atoms with van der Waals surface area (Å²) >= 11 is 3.42. The van der Waals surface area contributed by atoms with Gasteiger partial charge in [0.05, 0.1) is 5.92 Å². The van der Waals surface area contributed by atoms with Crippen molar-refractivity contribution in [3.63, 3.8) is 0 Å². The zero-order chi connectivity index (χ0) is 13.9. The van der Waals surface area contributed by atoms with Crippen LogP contribution in [0.1, 0.15) is 43.9 Å². The topological polar surface area (TPSA) is 56.0 Å². The summed E-state index contributed by atoms with van der Waals surface area (Å²) in [5.74, 6) is 1.02. The third kappa shape index (κ3) is 2.82. The lowest BCUT2D eigenvalue weighted by Gasteiger charge is -2.06. The molecule has 1 aromatic heterocycles. The van der Waals surface area contributed by atoms with Crippen LogP contribution in [0.4, 0.5) is 0 Å². The quantitative estimate of drug-likeness (QED) is 0.775. The first-order valence-electron chi connectivity index (χ1n) is 6.86. The fraction of sp³-hybridized carbons (Fsp3) is 0.400. The summed E-state index contributed by atoms with van der Waals surface area (Å²) in [6.45, 7) is 0. The van der Waals surface area contributed by atoms with E-state index in [1.165, 1.54) is 0 Å². The second kappa shape index (κ2) is 5.87. The van der Waals surface area contributed by atoms with E-state index in [9.17, 15) is 4.79 Å². The zero-order valence-electron chi connectivity index (χ0n) is 11.0. The number of nitrogens with zero attached hydrogens (tertiary/aromatic N) is 2. The highest BCUT2D eigenvalue weighted by atomic mass is 79.9. The van der Waals surface area contributed by atoms with Gasteiger partial charge >= 0.3 is 0 Å². The van der Waals surface area contributed by atoms with Gasteiger partial charge in [-0.1, -0.05) is 46.1 Å². The second-order valence-electron chi connectivity index (χ2n) is 5.08. The summed E-state index contributed by atoms with van der Waals surface area (Å²) in [6, 6.07) is 7.73. The van der Waals surface area contributed by atoms with Gasteiger partial charge in [-0.25, -0.2) is 0 Å². The lowest BCUT2D eigenvalue weighted by atomic mass is 9.99. The van der Waals surface area contributed by atoms with Crippen LogP contribution in [0.3, 0.4) is 0 Å². The van der Waals surface area contributed by atoms with Crippen LogP contribution in [0.2, 0.25) is 0 Å². The summed E-state index contributed by atoms with van der Waals surface area (Å²) in [5.41, 5.74) is 0.885. The van der Waals surface area contributed by atoms with Gasteiger partial charge in [-0.2, -0.15) is 4.98 Å². The maximum absolute atomic E-state index is 12.1. The average Bonchev–Trinajstić information content (AvgIpc) is 2.82. The molecule has 1 heterocycles. The van der Waals surface area contributed by atoms with Crippen LogP contribution < -0.4 is 0 Å². The predicted octanol–water partition coefficient (Wildman–Crippen LogP) is 4.12. The number of hydrogen-bond acceptors (Lipinski definition) is 4. The molecule has 1 fully saturated rings. The number of aromatic nitrogens is 2. The molecule has 1 saturated carbocycles. The number of ketones is 1. The molecule has 1 aliphatic rings. The Bertz CT molecular complexity index is 624. The molecule has 1 aromatic carbocycles. The Kier molecular flexibility index (Phi) is 3.96. The highest BCUT2D eigenvalue weighted by Gasteiger charge is 2.27. The normalized spacial score (nSPS) is 19.9. The SMILES string of the molecule is O=C1CCCCCC1c1nc(-c2cccc(Br)c2)no1. The second-order valence-corrected chi connectivity index (χ2v) is 6.00. The molecule has 0 aliphatic heterocycles. The molecule has 0 saturated heterocycles. The van der Waals surface area contributed by atoms with E-state index in [1.54, 1.807) is 0 Å². The predicted molar refractivity (Wildman–Crippen MR) is 78.3 cm³/mol. The molecule has 2 aromatic rings. The molecule has 1 atom stereocenters. The molecular formula is C15H15BrN2O2. The van der Waals surface area contributed by atoms with Crippen molar-refractivity contribution >= 4 is 21.7 Å². The lowest BCUT2D eigenvalue weighted by Crippen LogP contribution is -2.10. The fourth-order valence-corrected chi connectivity index (χ4v) is 2.94. The van der Waals surface area contributed by atoms with Gasteiger partial charge in [0.1, 0.15) is 5.78 Å². The highest BCUT2D eigenvalue weighted by Crippen LogP contribution is 2.29. The summed E-state index contributed by atoms with van der Waals surface area (Å²) < 4.78 is 6.29. The smallest absolute Gasteiger partial charge is 0.237 e. The van der Waals surface area contributed by atoms with E-state index in [-0.39, 0.29) is 11.7 Å². The number of Topliss-reactive ketones (excluding diaryl/α,β-unsaturated/α-hetero) is 1. The first kappa shape index (κ1) is 13.5. The summed E-state index contributed by atoms with van der Waals surface area (Å²) in [5, 5.41) is 4.01. The molecular weight excluding hydrogens is 320 g/mol. The lowest BCUT2D eigenvalue weighted by molar-refractivity contribution is -0.120. The Morgan fingerprint density at radius 3 is 3.00 bits per heavy atom. The van der Waals surface area contributed by atoms with E-state index >= 15 is 0 Å². The fourth-order valence-electron chi connectivity index (χ4n) is 2.54. The molecule has 0 amide bonds. The summed E-state index contributed by atoms with van der Waals surface area (Å²) in [7, 11) is 0. The Morgan fingerprint density at radius 1 is 1.25 bits per heavy atom. The molecule has 0 radical (unpaired) electrons. The van der Waals surface area contributed by atoms with Crippen molar-refractivity contribution in [2.45, 2.75) is 38.0 Å². The van der Waals surface area contributed by atoms with E-state index in [0.29, 0.717) is 18.1 Å². The Balaban J connectivity index is 1.87. The molecule has 20 heavy (non-hydrogen) atoms. The van der Waals surface area contributed by atoms with E-state index in [1.807, 2.05) is 24.3 Å². The number of halogens is 1. The largest absolute Gasteiger partial charge is 0.338 e. The Hall–Kier alpha value is -1.49. The van der Waals surface area contributed by atoms with Gasteiger partial charge in [-0.05, 0) is 25.0 Å². The van der Waals surface area contributed by atoms with Gasteiger partial charge in [-0.3, -0.25) is 4.79 Å². The number of benzene rings is 1. The van der Waals surface area contributed by atoms with Crippen LogP contribution in [-0.4, -0.2) is 15.9 Å².